The molecule has 0 radical (unpaired) electrons. The van der Waals surface area contributed by atoms with Gasteiger partial charge >= 0.3 is 0 Å². The molecule has 82 valence electrons. The Morgan fingerprint density at radius 3 is 2.67 bits per heavy atom. The third-order valence-electron chi connectivity index (χ3n) is 2.46. The van der Waals surface area contributed by atoms with Gasteiger partial charge in [-0.15, -0.1) is 0 Å². The van der Waals surface area contributed by atoms with Crippen LogP contribution in [0, 0.1) is 0 Å². The number of benzene rings is 1. The lowest BCUT2D eigenvalue weighted by Gasteiger charge is -2.24. The largest absolute Gasteiger partial charge is 0.504 e. The number of hydrogen-bond acceptors (Lipinski definition) is 5. The second kappa shape index (κ2) is 3.96. The highest BCUT2D eigenvalue weighted by molar-refractivity contribution is 5.54. The van der Waals surface area contributed by atoms with E-state index in [0.717, 1.165) is 0 Å². The predicted octanol–water partition coefficient (Wildman–Crippen LogP) is 0.464. The summed E-state index contributed by atoms with van der Waals surface area (Å²) in [7, 11) is 0. The number of rotatable bonds is 1. The van der Waals surface area contributed by atoms with Gasteiger partial charge < -0.3 is 25.4 Å². The smallest absolute Gasteiger partial charge is 0.200 e. The van der Waals surface area contributed by atoms with Crippen molar-refractivity contribution in [2.75, 3.05) is 19.8 Å². The fourth-order valence-corrected chi connectivity index (χ4v) is 1.63. The topological polar surface area (TPSA) is 82.0 Å². The van der Waals surface area contributed by atoms with E-state index < -0.39 is 5.75 Å². The normalized spacial score (nSPS) is 21.5. The van der Waals surface area contributed by atoms with Gasteiger partial charge in [-0.1, -0.05) is 0 Å². The third kappa shape index (κ3) is 1.84. The second-order valence-electron chi connectivity index (χ2n) is 3.45. The van der Waals surface area contributed by atoms with Crippen LogP contribution in [0.4, 0.5) is 0 Å². The Balaban J connectivity index is 2.31. The molecule has 1 atom stereocenters. The van der Waals surface area contributed by atoms with E-state index in [0.29, 0.717) is 25.3 Å². The molecule has 0 aliphatic carbocycles. The van der Waals surface area contributed by atoms with Crippen molar-refractivity contribution in [2.45, 2.75) is 6.04 Å². The summed E-state index contributed by atoms with van der Waals surface area (Å²) in [5.74, 6) is -1.11. The minimum absolute atomic E-state index is 0.148. The number of morpholine rings is 1. The highest BCUT2D eigenvalue weighted by Crippen LogP contribution is 2.39. The molecule has 0 unspecified atom stereocenters. The summed E-state index contributed by atoms with van der Waals surface area (Å²) in [6.45, 7) is 1.78. The molecule has 1 aromatic carbocycles. The molecule has 5 nitrogen and oxygen atoms in total. The average molecular weight is 211 g/mol. The van der Waals surface area contributed by atoms with E-state index in [1.54, 1.807) is 6.07 Å². The zero-order valence-electron chi connectivity index (χ0n) is 8.10. The summed E-state index contributed by atoms with van der Waals surface area (Å²) in [6.07, 6.45) is 0. The van der Waals surface area contributed by atoms with E-state index >= 15 is 0 Å². The Labute approximate surface area is 86.9 Å². The van der Waals surface area contributed by atoms with Crippen LogP contribution in [0.5, 0.6) is 17.2 Å². The van der Waals surface area contributed by atoms with Gasteiger partial charge in [0.1, 0.15) is 0 Å². The molecular weight excluding hydrogens is 198 g/mol. The molecule has 15 heavy (non-hydrogen) atoms. The first kappa shape index (κ1) is 10.1. The van der Waals surface area contributed by atoms with Crippen LogP contribution in [0.15, 0.2) is 12.1 Å². The van der Waals surface area contributed by atoms with Gasteiger partial charge in [-0.3, -0.25) is 0 Å². The summed E-state index contributed by atoms with van der Waals surface area (Å²) in [5, 5.41) is 31.3. The van der Waals surface area contributed by atoms with Gasteiger partial charge in [-0.25, -0.2) is 0 Å². The maximum Gasteiger partial charge on any atom is 0.200 e. The van der Waals surface area contributed by atoms with Crippen molar-refractivity contribution in [1.82, 2.24) is 5.32 Å². The molecule has 4 N–H and O–H groups in total. The van der Waals surface area contributed by atoms with Crippen molar-refractivity contribution < 1.29 is 20.1 Å². The standard InChI is InChI=1S/C10H13NO4/c12-8-2-1-6(9(13)10(8)14)7-5-15-4-3-11-7/h1-2,7,11-14H,3-5H2/t7-/m1/s1. The molecule has 1 aromatic rings. The Morgan fingerprint density at radius 2 is 2.00 bits per heavy atom. The second-order valence-corrected chi connectivity index (χ2v) is 3.45. The van der Waals surface area contributed by atoms with Gasteiger partial charge in [0.15, 0.2) is 11.5 Å². The van der Waals surface area contributed by atoms with E-state index in [1.807, 2.05) is 0 Å². The van der Waals surface area contributed by atoms with Crippen LogP contribution in [-0.2, 0) is 4.74 Å². The summed E-state index contributed by atoms with van der Waals surface area (Å²) in [4.78, 5) is 0. The van der Waals surface area contributed by atoms with Crippen LogP contribution in [0.2, 0.25) is 0 Å². The van der Waals surface area contributed by atoms with Crippen LogP contribution in [0.3, 0.4) is 0 Å². The highest BCUT2D eigenvalue weighted by atomic mass is 16.5. The molecule has 2 rings (SSSR count). The SMILES string of the molecule is Oc1ccc([C@H]2COCCN2)c(O)c1O. The van der Waals surface area contributed by atoms with E-state index in [1.165, 1.54) is 6.07 Å². The van der Waals surface area contributed by atoms with Gasteiger partial charge in [0.05, 0.1) is 19.3 Å². The van der Waals surface area contributed by atoms with Gasteiger partial charge in [-0.2, -0.15) is 0 Å². The van der Waals surface area contributed by atoms with Crippen molar-refractivity contribution in [3.8, 4) is 17.2 Å². The first-order valence-electron chi connectivity index (χ1n) is 4.75. The molecule has 1 heterocycles. The van der Waals surface area contributed by atoms with Crippen LogP contribution >= 0.6 is 0 Å². The van der Waals surface area contributed by atoms with Crippen molar-refractivity contribution in [1.29, 1.82) is 0 Å². The Kier molecular flexibility index (Phi) is 2.66. The van der Waals surface area contributed by atoms with Crippen molar-refractivity contribution in [3.05, 3.63) is 17.7 Å². The number of nitrogens with one attached hydrogen (secondary N) is 1. The maximum atomic E-state index is 9.63. The summed E-state index contributed by atoms with van der Waals surface area (Å²) in [5.41, 5.74) is 0.532. The summed E-state index contributed by atoms with van der Waals surface area (Å²) < 4.78 is 5.24. The molecule has 0 amide bonds. The highest BCUT2D eigenvalue weighted by Gasteiger charge is 2.21. The van der Waals surface area contributed by atoms with Crippen LogP contribution in [0.1, 0.15) is 11.6 Å². The molecule has 0 saturated carbocycles. The van der Waals surface area contributed by atoms with Gasteiger partial charge in [0.25, 0.3) is 0 Å². The molecule has 0 aromatic heterocycles. The zero-order valence-corrected chi connectivity index (χ0v) is 8.10. The average Bonchev–Trinajstić information content (AvgIpc) is 2.27. The Hall–Kier alpha value is -1.46. The first-order chi connectivity index (χ1) is 7.20. The number of phenolic OH excluding ortho intramolecular Hbond substituents is 3. The molecular formula is C10H13NO4. The Bertz CT molecular complexity index is 361. The van der Waals surface area contributed by atoms with Crippen LogP contribution in [0.25, 0.3) is 0 Å². The molecule has 1 aliphatic rings. The fourth-order valence-electron chi connectivity index (χ4n) is 1.63. The fraction of sp³-hybridized carbons (Fsp3) is 0.400. The zero-order chi connectivity index (χ0) is 10.8. The first-order valence-corrected chi connectivity index (χ1v) is 4.75. The number of aromatic hydroxyl groups is 3. The van der Waals surface area contributed by atoms with E-state index in [4.69, 9.17) is 9.84 Å². The number of phenols is 3. The molecule has 1 fully saturated rings. The summed E-state index contributed by atoms with van der Waals surface area (Å²) in [6, 6.07) is 2.77. The summed E-state index contributed by atoms with van der Waals surface area (Å²) >= 11 is 0. The van der Waals surface area contributed by atoms with E-state index in [-0.39, 0.29) is 17.5 Å². The van der Waals surface area contributed by atoms with Crippen LogP contribution in [-0.4, -0.2) is 35.1 Å². The third-order valence-corrected chi connectivity index (χ3v) is 2.46. The van der Waals surface area contributed by atoms with Gasteiger partial charge in [0, 0.05) is 12.1 Å². The molecule has 1 saturated heterocycles. The van der Waals surface area contributed by atoms with Gasteiger partial charge in [-0.05, 0) is 12.1 Å². The van der Waals surface area contributed by atoms with E-state index in [2.05, 4.69) is 5.32 Å². The Morgan fingerprint density at radius 1 is 1.20 bits per heavy atom. The van der Waals surface area contributed by atoms with Crippen molar-refractivity contribution in [2.24, 2.45) is 0 Å². The molecule has 0 bridgehead atoms. The quantitative estimate of drug-likeness (QED) is 0.507. The minimum atomic E-state index is -0.486. The molecule has 1 aliphatic heterocycles. The molecule has 0 spiro atoms. The lowest BCUT2D eigenvalue weighted by molar-refractivity contribution is 0.0759. The number of ether oxygens (including phenoxy) is 1. The van der Waals surface area contributed by atoms with E-state index in [9.17, 15) is 10.2 Å². The monoisotopic (exact) mass is 211 g/mol. The van der Waals surface area contributed by atoms with Gasteiger partial charge in [0.2, 0.25) is 5.75 Å². The minimum Gasteiger partial charge on any atom is -0.504 e. The number of hydrogen-bond donors (Lipinski definition) is 4. The molecule has 5 heteroatoms. The van der Waals surface area contributed by atoms with Crippen molar-refractivity contribution >= 4 is 0 Å². The lowest BCUT2D eigenvalue weighted by atomic mass is 10.0. The lowest BCUT2D eigenvalue weighted by Crippen LogP contribution is -2.34. The van der Waals surface area contributed by atoms with Crippen LogP contribution < -0.4 is 5.32 Å². The van der Waals surface area contributed by atoms with Crippen molar-refractivity contribution in [3.63, 3.8) is 0 Å². The predicted molar refractivity (Wildman–Crippen MR) is 53.0 cm³/mol. The maximum absolute atomic E-state index is 9.63.